The predicted molar refractivity (Wildman–Crippen MR) is 79.9 cm³/mol. The molecule has 3 rings (SSSR count). The van der Waals surface area contributed by atoms with E-state index in [1.165, 1.54) is 0 Å². The molecule has 1 amide bonds. The van der Waals surface area contributed by atoms with Gasteiger partial charge in [0.15, 0.2) is 0 Å². The maximum absolute atomic E-state index is 12.3. The van der Waals surface area contributed by atoms with Crippen molar-refractivity contribution in [2.75, 3.05) is 6.61 Å². The number of rotatable bonds is 4. The fourth-order valence-electron chi connectivity index (χ4n) is 2.91. The number of aromatic nitrogens is 2. The standard InChI is InChI=1S/C15H20N4O2/c16-11-2-3-12(8-11)18-15(21)10-1-4-14-13(7-10)17-9-19(14)5-6-20/h1,4,7,9,11-12,20H,2-3,5-6,8,16H2,(H,18,21)/t11-,12-/m1/s1. The molecular weight excluding hydrogens is 268 g/mol. The number of nitrogens with two attached hydrogens (primary N) is 1. The number of hydrogen-bond acceptors (Lipinski definition) is 4. The molecule has 6 nitrogen and oxygen atoms in total. The highest BCUT2D eigenvalue weighted by Gasteiger charge is 2.23. The number of nitrogens with one attached hydrogen (secondary N) is 1. The number of hydrogen-bond donors (Lipinski definition) is 3. The van der Waals surface area contributed by atoms with Crippen molar-refractivity contribution in [3.8, 4) is 0 Å². The summed E-state index contributed by atoms with van der Waals surface area (Å²) >= 11 is 0. The highest BCUT2D eigenvalue weighted by atomic mass is 16.3. The average Bonchev–Trinajstić information content (AvgIpc) is 3.06. The molecule has 6 heteroatoms. The minimum absolute atomic E-state index is 0.0651. The number of amides is 1. The minimum Gasteiger partial charge on any atom is -0.395 e. The largest absolute Gasteiger partial charge is 0.395 e. The van der Waals surface area contributed by atoms with Gasteiger partial charge in [0.1, 0.15) is 0 Å². The van der Waals surface area contributed by atoms with Crippen molar-refractivity contribution in [2.24, 2.45) is 5.73 Å². The average molecular weight is 288 g/mol. The van der Waals surface area contributed by atoms with Crippen molar-refractivity contribution in [2.45, 2.75) is 37.9 Å². The van der Waals surface area contributed by atoms with Crippen molar-refractivity contribution in [3.63, 3.8) is 0 Å². The van der Waals surface area contributed by atoms with Crippen LogP contribution >= 0.6 is 0 Å². The zero-order chi connectivity index (χ0) is 14.8. The van der Waals surface area contributed by atoms with Crippen molar-refractivity contribution >= 4 is 16.9 Å². The summed E-state index contributed by atoms with van der Waals surface area (Å²) in [6.07, 6.45) is 4.44. The molecule has 0 bridgehead atoms. The fraction of sp³-hybridized carbons (Fsp3) is 0.467. The van der Waals surface area contributed by atoms with Gasteiger partial charge in [-0.1, -0.05) is 0 Å². The molecule has 112 valence electrons. The van der Waals surface area contributed by atoms with E-state index in [4.69, 9.17) is 10.8 Å². The second-order valence-electron chi connectivity index (χ2n) is 5.61. The second kappa shape index (κ2) is 5.83. The molecule has 1 aromatic heterocycles. The molecule has 4 N–H and O–H groups in total. The SMILES string of the molecule is N[C@@H]1CC[C@@H](NC(=O)c2ccc3c(c2)ncn3CCO)C1. The Bertz CT molecular complexity index is 652. The number of aliphatic hydroxyl groups excluding tert-OH is 1. The van der Waals surface area contributed by atoms with Crippen molar-refractivity contribution < 1.29 is 9.90 Å². The third-order valence-electron chi connectivity index (χ3n) is 4.03. The lowest BCUT2D eigenvalue weighted by Crippen LogP contribution is -2.34. The number of aliphatic hydroxyl groups is 1. The molecule has 0 saturated heterocycles. The maximum atomic E-state index is 12.3. The molecule has 0 unspecified atom stereocenters. The van der Waals surface area contributed by atoms with Crippen LogP contribution in [0.25, 0.3) is 11.0 Å². The van der Waals surface area contributed by atoms with Crippen LogP contribution in [0.3, 0.4) is 0 Å². The Balaban J connectivity index is 1.76. The zero-order valence-electron chi connectivity index (χ0n) is 11.8. The normalized spacial score (nSPS) is 21.8. The molecule has 2 aromatic rings. The summed E-state index contributed by atoms with van der Waals surface area (Å²) in [7, 11) is 0. The maximum Gasteiger partial charge on any atom is 0.251 e. The molecule has 2 atom stereocenters. The summed E-state index contributed by atoms with van der Waals surface area (Å²) < 4.78 is 1.87. The van der Waals surface area contributed by atoms with Crippen LogP contribution in [-0.2, 0) is 6.54 Å². The first-order valence-corrected chi connectivity index (χ1v) is 7.29. The third kappa shape index (κ3) is 2.91. The molecule has 0 radical (unpaired) electrons. The Morgan fingerprint density at radius 1 is 1.48 bits per heavy atom. The first-order valence-electron chi connectivity index (χ1n) is 7.29. The Hall–Kier alpha value is -1.92. The number of imidazole rings is 1. The lowest BCUT2D eigenvalue weighted by molar-refractivity contribution is 0.0938. The molecule has 1 aromatic carbocycles. The topological polar surface area (TPSA) is 93.2 Å². The Labute approximate surface area is 123 Å². The molecule has 1 fully saturated rings. The van der Waals surface area contributed by atoms with Crippen molar-refractivity contribution in [1.29, 1.82) is 0 Å². The van der Waals surface area contributed by atoms with Crippen LogP contribution in [0, 0.1) is 0 Å². The van der Waals surface area contributed by atoms with E-state index in [1.807, 2.05) is 10.6 Å². The van der Waals surface area contributed by atoms with Gasteiger partial charge < -0.3 is 20.7 Å². The van der Waals surface area contributed by atoms with E-state index in [-0.39, 0.29) is 24.6 Å². The number of carbonyl (C=O) groups is 1. The van der Waals surface area contributed by atoms with Crippen LogP contribution in [0.15, 0.2) is 24.5 Å². The Morgan fingerprint density at radius 2 is 2.33 bits per heavy atom. The van der Waals surface area contributed by atoms with Gasteiger partial charge in [-0.15, -0.1) is 0 Å². The van der Waals surface area contributed by atoms with Gasteiger partial charge in [-0.25, -0.2) is 4.98 Å². The smallest absolute Gasteiger partial charge is 0.251 e. The third-order valence-corrected chi connectivity index (χ3v) is 4.03. The number of carbonyl (C=O) groups excluding carboxylic acids is 1. The molecule has 21 heavy (non-hydrogen) atoms. The van der Waals surface area contributed by atoms with Gasteiger partial charge in [-0.3, -0.25) is 4.79 Å². The van der Waals surface area contributed by atoms with Crippen LogP contribution in [0.5, 0.6) is 0 Å². The van der Waals surface area contributed by atoms with Gasteiger partial charge >= 0.3 is 0 Å². The summed E-state index contributed by atoms with van der Waals surface area (Å²) in [5, 5.41) is 12.0. The molecule has 1 heterocycles. The molecule has 1 aliphatic rings. The summed E-state index contributed by atoms with van der Waals surface area (Å²) in [5.74, 6) is -0.0762. The molecule has 0 spiro atoms. The summed E-state index contributed by atoms with van der Waals surface area (Å²) in [6.45, 7) is 0.567. The van der Waals surface area contributed by atoms with Gasteiger partial charge in [-0.05, 0) is 37.5 Å². The van der Waals surface area contributed by atoms with Crippen molar-refractivity contribution in [1.82, 2.24) is 14.9 Å². The van der Waals surface area contributed by atoms with Gasteiger partial charge in [0.05, 0.1) is 24.0 Å². The Morgan fingerprint density at radius 3 is 3.05 bits per heavy atom. The van der Waals surface area contributed by atoms with Crippen LogP contribution < -0.4 is 11.1 Å². The van der Waals surface area contributed by atoms with Crippen LogP contribution in [0.1, 0.15) is 29.6 Å². The first kappa shape index (κ1) is 14.0. The van der Waals surface area contributed by atoms with E-state index in [9.17, 15) is 4.79 Å². The highest BCUT2D eigenvalue weighted by molar-refractivity contribution is 5.97. The van der Waals surface area contributed by atoms with E-state index in [2.05, 4.69) is 10.3 Å². The minimum atomic E-state index is -0.0762. The number of nitrogens with zero attached hydrogens (tertiary/aromatic N) is 2. The van der Waals surface area contributed by atoms with Crippen molar-refractivity contribution in [3.05, 3.63) is 30.1 Å². The number of fused-ring (bicyclic) bond motifs is 1. The van der Waals surface area contributed by atoms with Gasteiger partial charge in [0.25, 0.3) is 5.91 Å². The fourth-order valence-corrected chi connectivity index (χ4v) is 2.91. The molecule has 0 aliphatic heterocycles. The second-order valence-corrected chi connectivity index (χ2v) is 5.61. The monoisotopic (exact) mass is 288 g/mol. The lowest BCUT2D eigenvalue weighted by Gasteiger charge is -2.12. The van der Waals surface area contributed by atoms with Gasteiger partial charge in [0, 0.05) is 24.2 Å². The number of benzene rings is 1. The predicted octanol–water partition coefficient (Wildman–Crippen LogP) is 0.638. The molecule has 1 saturated carbocycles. The summed E-state index contributed by atoms with van der Waals surface area (Å²) in [6, 6.07) is 5.82. The molecule has 1 aliphatic carbocycles. The summed E-state index contributed by atoms with van der Waals surface area (Å²) in [4.78, 5) is 16.5. The lowest BCUT2D eigenvalue weighted by atomic mass is 10.1. The van der Waals surface area contributed by atoms with E-state index in [0.717, 1.165) is 30.3 Å². The highest BCUT2D eigenvalue weighted by Crippen LogP contribution is 2.19. The van der Waals surface area contributed by atoms with Crippen LogP contribution in [-0.4, -0.2) is 39.3 Å². The van der Waals surface area contributed by atoms with Gasteiger partial charge in [0.2, 0.25) is 0 Å². The van der Waals surface area contributed by atoms with Crippen LogP contribution in [0.4, 0.5) is 0 Å². The first-order chi connectivity index (χ1) is 10.2. The van der Waals surface area contributed by atoms with Gasteiger partial charge in [-0.2, -0.15) is 0 Å². The van der Waals surface area contributed by atoms with E-state index < -0.39 is 0 Å². The molecular formula is C15H20N4O2. The Kier molecular flexibility index (Phi) is 3.90. The van der Waals surface area contributed by atoms with E-state index >= 15 is 0 Å². The zero-order valence-corrected chi connectivity index (χ0v) is 11.8. The van der Waals surface area contributed by atoms with Crippen LogP contribution in [0.2, 0.25) is 0 Å². The van der Waals surface area contributed by atoms with E-state index in [0.29, 0.717) is 12.1 Å². The summed E-state index contributed by atoms with van der Waals surface area (Å²) in [5.41, 5.74) is 8.15. The quantitative estimate of drug-likeness (QED) is 0.769. The van der Waals surface area contributed by atoms with E-state index in [1.54, 1.807) is 18.5 Å².